The van der Waals surface area contributed by atoms with Crippen LogP contribution in [0, 0.1) is 19.8 Å². The molecule has 7 nitrogen and oxygen atoms in total. The summed E-state index contributed by atoms with van der Waals surface area (Å²) in [6.07, 6.45) is 3.84. The van der Waals surface area contributed by atoms with Gasteiger partial charge in [-0.15, -0.1) is 0 Å². The molecule has 0 radical (unpaired) electrons. The van der Waals surface area contributed by atoms with Crippen molar-refractivity contribution in [1.82, 2.24) is 9.80 Å². The van der Waals surface area contributed by atoms with Gasteiger partial charge in [0.05, 0.1) is 6.54 Å². The highest BCUT2D eigenvalue weighted by Gasteiger charge is 2.40. The molecule has 1 aliphatic carbocycles. The summed E-state index contributed by atoms with van der Waals surface area (Å²) >= 11 is 2.14. The Morgan fingerprint density at radius 3 is 2.33 bits per heavy atom. The minimum absolute atomic E-state index is 0.122. The van der Waals surface area contributed by atoms with Crippen molar-refractivity contribution in [2.75, 3.05) is 19.7 Å². The number of halogens is 1. The topological polar surface area (TPSA) is 87.2 Å². The van der Waals surface area contributed by atoms with E-state index in [1.54, 1.807) is 0 Å². The smallest absolute Gasteiger partial charge is 0.319 e. The maximum Gasteiger partial charge on any atom is 0.319 e. The van der Waals surface area contributed by atoms with Crippen LogP contribution in [0.5, 0.6) is 5.75 Å². The number of carbonyl (C=O) groups is 3. The second kappa shape index (κ2) is 12.8. The van der Waals surface area contributed by atoms with E-state index in [0.717, 1.165) is 37.2 Å². The Kier molecular flexibility index (Phi) is 9.69. The van der Waals surface area contributed by atoms with Crippen molar-refractivity contribution < 1.29 is 24.2 Å². The predicted octanol–water partition coefficient (Wildman–Crippen LogP) is 5.84. The van der Waals surface area contributed by atoms with Gasteiger partial charge in [-0.1, -0.05) is 64.6 Å². The largest absolute Gasteiger partial charge is 0.491 e. The van der Waals surface area contributed by atoms with Gasteiger partial charge >= 0.3 is 5.97 Å². The highest BCUT2D eigenvalue weighted by molar-refractivity contribution is 14.1. The number of rotatable bonds is 11. The van der Waals surface area contributed by atoms with Crippen LogP contribution in [0.4, 0.5) is 0 Å². The molecule has 2 aliphatic rings. The maximum absolute atomic E-state index is 11.8. The number of carboxylic acids is 1. The summed E-state index contributed by atoms with van der Waals surface area (Å²) in [5.74, 6) is 0.283. The van der Waals surface area contributed by atoms with E-state index in [0.29, 0.717) is 31.6 Å². The predicted molar refractivity (Wildman–Crippen MR) is 159 cm³/mol. The van der Waals surface area contributed by atoms with Crippen LogP contribution >= 0.6 is 22.6 Å². The number of alkyl halides is 1. The van der Waals surface area contributed by atoms with E-state index >= 15 is 0 Å². The normalized spacial score (nSPS) is 22.4. The number of carboxylic acid groups (broad SMARTS) is 1. The van der Waals surface area contributed by atoms with E-state index < -0.39 is 9.39 Å². The molecular weight excluding hydrogens is 607 g/mol. The first-order valence-electron chi connectivity index (χ1n) is 13.8. The molecule has 2 amide bonds. The lowest BCUT2D eigenvalue weighted by atomic mass is 9.81. The zero-order valence-corrected chi connectivity index (χ0v) is 25.3. The fourth-order valence-electron chi connectivity index (χ4n) is 5.60. The summed E-state index contributed by atoms with van der Waals surface area (Å²) in [4.78, 5) is 39.2. The third-order valence-corrected chi connectivity index (χ3v) is 9.77. The summed E-state index contributed by atoms with van der Waals surface area (Å²) in [5.41, 5.74) is 4.71. The first kappa shape index (κ1) is 29.5. The third-order valence-electron chi connectivity index (χ3n) is 8.23. The monoisotopic (exact) mass is 646 g/mol. The Morgan fingerprint density at radius 2 is 1.74 bits per heavy atom. The molecule has 1 saturated heterocycles. The molecule has 1 atom stereocenters. The number of likely N-dealkylation sites (tertiary alicyclic amines) is 1. The SMILES string of the molecule is Cc1ccc(C(C)N(Cc2ccc(OCCN3C(=O)CCC3=O)c(C)c2)CC2CCC(I)(C(=O)O)CC2)cc1. The number of aliphatic carboxylic acids is 1. The highest BCUT2D eigenvalue weighted by Crippen LogP contribution is 2.40. The van der Waals surface area contributed by atoms with E-state index in [9.17, 15) is 19.5 Å². The van der Waals surface area contributed by atoms with Gasteiger partial charge < -0.3 is 9.84 Å². The summed E-state index contributed by atoms with van der Waals surface area (Å²) in [6.45, 7) is 8.62. The fourth-order valence-corrected chi connectivity index (χ4v) is 6.23. The van der Waals surface area contributed by atoms with Crippen LogP contribution in [0.2, 0.25) is 0 Å². The van der Waals surface area contributed by atoms with Crippen LogP contribution < -0.4 is 4.74 Å². The van der Waals surface area contributed by atoms with Gasteiger partial charge in [0.2, 0.25) is 11.8 Å². The van der Waals surface area contributed by atoms with Gasteiger partial charge in [0, 0.05) is 32.0 Å². The summed E-state index contributed by atoms with van der Waals surface area (Å²) in [7, 11) is 0. The quantitative estimate of drug-likeness (QED) is 0.188. The van der Waals surface area contributed by atoms with Crippen molar-refractivity contribution >= 4 is 40.4 Å². The molecule has 1 unspecified atom stereocenters. The Morgan fingerprint density at radius 1 is 1.10 bits per heavy atom. The van der Waals surface area contributed by atoms with E-state index in [4.69, 9.17) is 4.74 Å². The molecule has 1 aliphatic heterocycles. The van der Waals surface area contributed by atoms with Gasteiger partial charge in [0.1, 0.15) is 15.8 Å². The molecule has 2 aromatic carbocycles. The van der Waals surface area contributed by atoms with Gasteiger partial charge in [-0.3, -0.25) is 24.2 Å². The first-order valence-corrected chi connectivity index (χ1v) is 14.9. The van der Waals surface area contributed by atoms with Crippen LogP contribution in [0.25, 0.3) is 0 Å². The van der Waals surface area contributed by atoms with E-state index in [1.165, 1.54) is 21.6 Å². The standard InChI is InChI=1S/C31H39IN2O5/c1-21-4-7-26(8-5-21)23(3)33(19-24-12-14-31(32,15-13-24)30(37)38)20-25-6-9-27(22(2)18-25)39-17-16-34-28(35)10-11-29(34)36/h4-9,18,23-24H,10-17,19-20H2,1-3H3,(H,37,38). The van der Waals surface area contributed by atoms with Gasteiger partial charge in [-0.25, -0.2) is 0 Å². The second-order valence-electron chi connectivity index (χ2n) is 11.1. The summed E-state index contributed by atoms with van der Waals surface area (Å²) < 4.78 is 5.30. The molecule has 39 heavy (non-hydrogen) atoms. The molecular formula is C31H39IN2O5. The average Bonchev–Trinajstić information content (AvgIpc) is 3.23. The number of aryl methyl sites for hydroxylation is 2. The number of hydrogen-bond acceptors (Lipinski definition) is 5. The minimum atomic E-state index is -0.692. The van der Waals surface area contributed by atoms with Gasteiger partial charge in [0.25, 0.3) is 0 Å². The van der Waals surface area contributed by atoms with Crippen molar-refractivity contribution in [1.29, 1.82) is 0 Å². The second-order valence-corrected chi connectivity index (χ2v) is 13.2. The Bertz CT molecular complexity index is 1170. The van der Waals surface area contributed by atoms with Crippen LogP contribution in [0.15, 0.2) is 42.5 Å². The number of hydrogen-bond donors (Lipinski definition) is 1. The Hall–Kier alpha value is -2.46. The van der Waals surface area contributed by atoms with Crippen molar-refractivity contribution in [2.45, 2.75) is 75.3 Å². The molecule has 0 bridgehead atoms. The van der Waals surface area contributed by atoms with E-state index in [2.05, 4.69) is 77.7 Å². The molecule has 1 saturated carbocycles. The van der Waals surface area contributed by atoms with Gasteiger partial charge in [0.15, 0.2) is 0 Å². The molecule has 1 heterocycles. The molecule has 2 fully saturated rings. The maximum atomic E-state index is 11.8. The van der Waals surface area contributed by atoms with Gasteiger partial charge in [-0.05, 0) is 75.1 Å². The molecule has 4 rings (SSSR count). The molecule has 0 aromatic heterocycles. The van der Waals surface area contributed by atoms with Crippen LogP contribution in [-0.4, -0.2) is 55.8 Å². The number of amides is 2. The minimum Gasteiger partial charge on any atom is -0.491 e. The molecule has 8 heteroatoms. The van der Waals surface area contributed by atoms with Crippen molar-refractivity contribution in [3.63, 3.8) is 0 Å². The van der Waals surface area contributed by atoms with Crippen molar-refractivity contribution in [2.24, 2.45) is 5.92 Å². The summed E-state index contributed by atoms with van der Waals surface area (Å²) in [6, 6.07) is 15.1. The van der Waals surface area contributed by atoms with Crippen LogP contribution in [0.1, 0.15) is 73.7 Å². The summed E-state index contributed by atoms with van der Waals surface area (Å²) in [5, 5.41) is 9.64. The highest BCUT2D eigenvalue weighted by atomic mass is 127. The van der Waals surface area contributed by atoms with Crippen molar-refractivity contribution in [3.05, 3.63) is 64.7 Å². The van der Waals surface area contributed by atoms with E-state index in [-0.39, 0.29) is 31.0 Å². The van der Waals surface area contributed by atoms with Crippen molar-refractivity contribution in [3.8, 4) is 5.75 Å². The fraction of sp³-hybridized carbons (Fsp3) is 0.516. The lowest BCUT2D eigenvalue weighted by Crippen LogP contribution is -2.39. The first-order chi connectivity index (χ1) is 18.6. The lowest BCUT2D eigenvalue weighted by Gasteiger charge is -2.37. The average molecular weight is 647 g/mol. The third kappa shape index (κ3) is 7.39. The Balaban J connectivity index is 1.43. The van der Waals surface area contributed by atoms with E-state index in [1.807, 2.05) is 13.0 Å². The molecule has 2 aromatic rings. The van der Waals surface area contributed by atoms with Crippen LogP contribution in [0.3, 0.4) is 0 Å². The molecule has 0 spiro atoms. The van der Waals surface area contributed by atoms with Gasteiger partial charge in [-0.2, -0.15) is 0 Å². The Labute approximate surface area is 245 Å². The number of nitrogens with zero attached hydrogens (tertiary/aromatic N) is 2. The van der Waals surface area contributed by atoms with Crippen LogP contribution in [-0.2, 0) is 20.9 Å². The number of ether oxygens (including phenoxy) is 1. The zero-order chi connectivity index (χ0) is 28.2. The molecule has 210 valence electrons. The lowest BCUT2D eigenvalue weighted by molar-refractivity contribution is -0.141. The number of carbonyl (C=O) groups excluding carboxylic acids is 2. The zero-order valence-electron chi connectivity index (χ0n) is 23.1. The molecule has 1 N–H and O–H groups in total. The number of benzene rings is 2. The number of imide groups is 1.